The Balaban J connectivity index is 2.08. The lowest BCUT2D eigenvalue weighted by Gasteiger charge is -2.21. The van der Waals surface area contributed by atoms with Gasteiger partial charge in [0.25, 0.3) is 0 Å². The molecule has 0 aliphatic rings. The first kappa shape index (κ1) is 21.3. The average Bonchev–Trinajstić information content (AvgIpc) is 2.77. The highest BCUT2D eigenvalue weighted by Crippen LogP contribution is 2.40. The maximum atomic E-state index is 12.8. The molecular formula is C26H26O4. The summed E-state index contributed by atoms with van der Waals surface area (Å²) in [5.41, 5.74) is 3.55. The lowest BCUT2D eigenvalue weighted by molar-refractivity contribution is 0.0680. The third kappa shape index (κ3) is 4.60. The average molecular weight is 402 g/mol. The minimum atomic E-state index is -0.487. The second kappa shape index (κ2) is 9.40. The topological polar surface area (TPSA) is 52.6 Å². The predicted octanol–water partition coefficient (Wildman–Crippen LogP) is 6.12. The summed E-state index contributed by atoms with van der Waals surface area (Å²) in [4.78, 5) is 25.5. The molecule has 0 fully saturated rings. The summed E-state index contributed by atoms with van der Waals surface area (Å²) in [5, 5.41) is 0. The SMILES string of the molecule is CCc1cc(C(C)C)c(C)c(OC(=O)c2ccccc2)c1OC(=O)c1ccccc1. The number of ether oxygens (including phenoxy) is 2. The van der Waals surface area contributed by atoms with Crippen molar-refractivity contribution in [3.05, 3.63) is 94.5 Å². The molecule has 4 nitrogen and oxygen atoms in total. The second-order valence-corrected chi connectivity index (χ2v) is 7.43. The van der Waals surface area contributed by atoms with Crippen LogP contribution in [0.25, 0.3) is 0 Å². The molecule has 0 N–H and O–H groups in total. The van der Waals surface area contributed by atoms with Crippen LogP contribution in [-0.2, 0) is 6.42 Å². The number of aryl methyl sites for hydroxylation is 1. The maximum Gasteiger partial charge on any atom is 0.343 e. The van der Waals surface area contributed by atoms with E-state index in [4.69, 9.17) is 9.47 Å². The number of hydrogen-bond donors (Lipinski definition) is 0. The van der Waals surface area contributed by atoms with Crippen LogP contribution < -0.4 is 9.47 Å². The van der Waals surface area contributed by atoms with Crippen molar-refractivity contribution in [2.45, 2.75) is 40.0 Å². The van der Waals surface area contributed by atoms with Crippen LogP contribution in [0.4, 0.5) is 0 Å². The smallest absolute Gasteiger partial charge is 0.343 e. The lowest BCUT2D eigenvalue weighted by atomic mass is 9.93. The molecule has 0 aliphatic heterocycles. The third-order valence-electron chi connectivity index (χ3n) is 5.01. The van der Waals surface area contributed by atoms with E-state index in [0.29, 0.717) is 29.0 Å². The van der Waals surface area contributed by atoms with E-state index in [0.717, 1.165) is 16.7 Å². The van der Waals surface area contributed by atoms with Gasteiger partial charge in [0.15, 0.2) is 11.5 Å². The van der Waals surface area contributed by atoms with Crippen molar-refractivity contribution in [3.8, 4) is 11.5 Å². The Bertz CT molecular complexity index is 1040. The molecule has 0 aromatic heterocycles. The first-order chi connectivity index (χ1) is 14.4. The van der Waals surface area contributed by atoms with Crippen LogP contribution in [0.3, 0.4) is 0 Å². The summed E-state index contributed by atoms with van der Waals surface area (Å²) in [6.45, 7) is 8.04. The van der Waals surface area contributed by atoms with Gasteiger partial charge in [0.1, 0.15) is 0 Å². The molecular weight excluding hydrogens is 376 g/mol. The third-order valence-corrected chi connectivity index (χ3v) is 5.01. The first-order valence-electron chi connectivity index (χ1n) is 10.1. The molecule has 3 aromatic carbocycles. The standard InChI is InChI=1S/C26H26O4/c1-5-19-16-22(17(2)3)18(4)23(29-25(27)20-12-8-6-9-13-20)24(19)30-26(28)21-14-10-7-11-15-21/h6-17H,5H2,1-4H3. The molecule has 0 bridgehead atoms. The lowest BCUT2D eigenvalue weighted by Crippen LogP contribution is -2.15. The van der Waals surface area contributed by atoms with Crippen LogP contribution in [-0.4, -0.2) is 11.9 Å². The molecule has 30 heavy (non-hydrogen) atoms. The van der Waals surface area contributed by atoms with Crippen LogP contribution in [0.1, 0.15) is 64.1 Å². The van der Waals surface area contributed by atoms with E-state index in [-0.39, 0.29) is 5.92 Å². The van der Waals surface area contributed by atoms with Gasteiger partial charge in [0, 0.05) is 0 Å². The van der Waals surface area contributed by atoms with Gasteiger partial charge in [0.2, 0.25) is 0 Å². The molecule has 0 saturated heterocycles. The molecule has 0 atom stereocenters. The Labute approximate surface area is 177 Å². The monoisotopic (exact) mass is 402 g/mol. The van der Waals surface area contributed by atoms with Gasteiger partial charge in [-0.2, -0.15) is 0 Å². The highest BCUT2D eigenvalue weighted by Gasteiger charge is 2.24. The summed E-state index contributed by atoms with van der Waals surface area (Å²) < 4.78 is 11.6. The summed E-state index contributed by atoms with van der Waals surface area (Å²) >= 11 is 0. The van der Waals surface area contributed by atoms with Crippen molar-refractivity contribution < 1.29 is 19.1 Å². The summed E-state index contributed by atoms with van der Waals surface area (Å²) in [5.74, 6) is -0.144. The van der Waals surface area contributed by atoms with Crippen molar-refractivity contribution in [1.82, 2.24) is 0 Å². The van der Waals surface area contributed by atoms with Crippen LogP contribution in [0.15, 0.2) is 66.7 Å². The summed E-state index contributed by atoms with van der Waals surface area (Å²) in [7, 11) is 0. The predicted molar refractivity (Wildman–Crippen MR) is 117 cm³/mol. The minimum Gasteiger partial charge on any atom is -0.419 e. The van der Waals surface area contributed by atoms with Gasteiger partial charge in [-0.1, -0.05) is 63.2 Å². The molecule has 0 unspecified atom stereocenters. The molecule has 4 heteroatoms. The van der Waals surface area contributed by atoms with Crippen molar-refractivity contribution in [3.63, 3.8) is 0 Å². The molecule has 3 rings (SSSR count). The largest absolute Gasteiger partial charge is 0.419 e. The van der Waals surface area contributed by atoms with E-state index in [1.165, 1.54) is 0 Å². The summed E-state index contributed by atoms with van der Waals surface area (Å²) in [6, 6.07) is 19.6. The van der Waals surface area contributed by atoms with Crippen LogP contribution >= 0.6 is 0 Å². The zero-order valence-electron chi connectivity index (χ0n) is 17.8. The molecule has 0 radical (unpaired) electrons. The Kier molecular flexibility index (Phi) is 6.68. The number of benzene rings is 3. The Hall–Kier alpha value is -3.40. The van der Waals surface area contributed by atoms with Crippen LogP contribution in [0.2, 0.25) is 0 Å². The first-order valence-corrected chi connectivity index (χ1v) is 10.1. The summed E-state index contributed by atoms with van der Waals surface area (Å²) in [6.07, 6.45) is 0.632. The van der Waals surface area contributed by atoms with Crippen LogP contribution in [0.5, 0.6) is 11.5 Å². The van der Waals surface area contributed by atoms with Crippen molar-refractivity contribution >= 4 is 11.9 Å². The van der Waals surface area contributed by atoms with E-state index >= 15 is 0 Å². The molecule has 0 aliphatic carbocycles. The van der Waals surface area contributed by atoms with Gasteiger partial charge in [-0.25, -0.2) is 9.59 Å². The molecule has 0 heterocycles. The molecule has 0 spiro atoms. The van der Waals surface area contributed by atoms with Gasteiger partial charge in [0.05, 0.1) is 11.1 Å². The van der Waals surface area contributed by atoms with Gasteiger partial charge in [-0.15, -0.1) is 0 Å². The Morgan fingerprint density at radius 2 is 1.27 bits per heavy atom. The van der Waals surface area contributed by atoms with Crippen molar-refractivity contribution in [2.75, 3.05) is 0 Å². The van der Waals surface area contributed by atoms with E-state index in [9.17, 15) is 9.59 Å². The molecule has 0 amide bonds. The normalized spacial score (nSPS) is 10.7. The fourth-order valence-corrected chi connectivity index (χ4v) is 3.36. The van der Waals surface area contributed by atoms with Crippen LogP contribution in [0, 0.1) is 6.92 Å². The van der Waals surface area contributed by atoms with Crippen molar-refractivity contribution in [2.24, 2.45) is 0 Å². The number of carbonyl (C=O) groups is 2. The van der Waals surface area contributed by atoms with E-state index in [1.54, 1.807) is 48.5 Å². The van der Waals surface area contributed by atoms with E-state index < -0.39 is 11.9 Å². The molecule has 3 aromatic rings. The zero-order chi connectivity index (χ0) is 21.7. The quantitative estimate of drug-likeness (QED) is 0.368. The van der Waals surface area contributed by atoms with Gasteiger partial charge >= 0.3 is 11.9 Å². The second-order valence-electron chi connectivity index (χ2n) is 7.43. The van der Waals surface area contributed by atoms with Gasteiger partial charge < -0.3 is 9.47 Å². The Morgan fingerprint density at radius 1 is 0.800 bits per heavy atom. The fourth-order valence-electron chi connectivity index (χ4n) is 3.36. The molecule has 0 saturated carbocycles. The highest BCUT2D eigenvalue weighted by atomic mass is 16.6. The number of rotatable bonds is 6. The fraction of sp³-hybridized carbons (Fsp3) is 0.231. The van der Waals surface area contributed by atoms with Gasteiger partial charge in [-0.05, 0) is 60.2 Å². The molecule has 154 valence electrons. The van der Waals surface area contributed by atoms with E-state index in [1.807, 2.05) is 32.0 Å². The maximum absolute atomic E-state index is 12.8. The zero-order valence-corrected chi connectivity index (χ0v) is 17.8. The highest BCUT2D eigenvalue weighted by molar-refractivity contribution is 5.93. The number of hydrogen-bond acceptors (Lipinski definition) is 4. The van der Waals surface area contributed by atoms with Crippen molar-refractivity contribution in [1.29, 1.82) is 0 Å². The number of esters is 2. The van der Waals surface area contributed by atoms with Gasteiger partial charge in [-0.3, -0.25) is 0 Å². The Morgan fingerprint density at radius 3 is 1.70 bits per heavy atom. The minimum absolute atomic E-state index is 0.225. The van der Waals surface area contributed by atoms with E-state index in [2.05, 4.69) is 13.8 Å². The number of carbonyl (C=O) groups excluding carboxylic acids is 2.